The zero-order chi connectivity index (χ0) is 25.4. The fraction of sp³-hybridized carbons (Fsp3) is 0.464. The number of carboxylic acid groups (broad SMARTS) is 1. The lowest BCUT2D eigenvalue weighted by Gasteiger charge is -2.24. The molecular weight excluding hydrogens is 444 g/mol. The molecule has 0 fully saturated rings. The molecule has 0 radical (unpaired) electrons. The molecule has 2 aromatic rings. The standard InChI is InChI=1S/C28H36N2O5/c1-4-30(17-16-26(31)32)27(33)19(2)10-9-11-20(3)29-28(34)35-18-25-23-14-7-5-12-21(23)22-13-6-8-15-24(22)25/h5-8,12-15,19-20,25H,4,9-11,16-18H2,1-3H3,(H,29,34)(H,31,32). The van der Waals surface area contributed by atoms with Crippen molar-refractivity contribution in [3.8, 4) is 11.1 Å². The van der Waals surface area contributed by atoms with Crippen molar-refractivity contribution in [1.82, 2.24) is 10.2 Å². The summed E-state index contributed by atoms with van der Waals surface area (Å²) in [6.07, 6.45) is 1.69. The van der Waals surface area contributed by atoms with Gasteiger partial charge in [0.05, 0.1) is 6.42 Å². The SMILES string of the molecule is CCN(CCC(=O)O)C(=O)C(C)CCCC(C)NC(=O)OCC1c2ccccc2-c2ccccc21. The molecule has 2 aromatic carbocycles. The monoisotopic (exact) mass is 480 g/mol. The summed E-state index contributed by atoms with van der Waals surface area (Å²) in [5.74, 6) is -1.09. The van der Waals surface area contributed by atoms with E-state index in [0.29, 0.717) is 13.0 Å². The number of amides is 2. The Morgan fingerprint density at radius 3 is 2.17 bits per heavy atom. The molecule has 2 N–H and O–H groups in total. The van der Waals surface area contributed by atoms with Gasteiger partial charge >= 0.3 is 12.1 Å². The Morgan fingerprint density at radius 2 is 1.60 bits per heavy atom. The van der Waals surface area contributed by atoms with E-state index < -0.39 is 12.1 Å². The van der Waals surface area contributed by atoms with Gasteiger partial charge in [0.2, 0.25) is 5.91 Å². The van der Waals surface area contributed by atoms with Gasteiger partial charge in [-0.15, -0.1) is 0 Å². The number of carbonyl (C=O) groups excluding carboxylic acids is 2. The molecule has 0 heterocycles. The van der Waals surface area contributed by atoms with E-state index in [2.05, 4.69) is 29.6 Å². The van der Waals surface area contributed by atoms with E-state index in [0.717, 1.165) is 12.8 Å². The summed E-state index contributed by atoms with van der Waals surface area (Å²) in [6.45, 7) is 6.66. The van der Waals surface area contributed by atoms with Crippen molar-refractivity contribution in [2.75, 3.05) is 19.7 Å². The zero-order valence-electron chi connectivity index (χ0n) is 20.8. The maximum Gasteiger partial charge on any atom is 0.407 e. The summed E-state index contributed by atoms with van der Waals surface area (Å²) in [5.41, 5.74) is 4.74. The lowest BCUT2D eigenvalue weighted by Crippen LogP contribution is -2.37. The molecule has 188 valence electrons. The molecule has 1 aliphatic carbocycles. The second-order valence-electron chi connectivity index (χ2n) is 9.26. The number of alkyl carbamates (subject to hydrolysis) is 1. The summed E-state index contributed by atoms with van der Waals surface area (Å²) in [6, 6.07) is 16.4. The van der Waals surface area contributed by atoms with Gasteiger partial charge in [0.1, 0.15) is 6.61 Å². The molecular formula is C28H36N2O5. The topological polar surface area (TPSA) is 95.9 Å². The van der Waals surface area contributed by atoms with Crippen molar-refractivity contribution < 1.29 is 24.2 Å². The average molecular weight is 481 g/mol. The fourth-order valence-corrected chi connectivity index (χ4v) is 4.73. The van der Waals surface area contributed by atoms with E-state index >= 15 is 0 Å². The van der Waals surface area contributed by atoms with Gasteiger partial charge < -0.3 is 20.1 Å². The molecule has 2 amide bonds. The molecule has 7 heteroatoms. The van der Waals surface area contributed by atoms with Gasteiger partial charge in [-0.3, -0.25) is 9.59 Å². The van der Waals surface area contributed by atoms with E-state index in [4.69, 9.17) is 9.84 Å². The van der Waals surface area contributed by atoms with Crippen LogP contribution < -0.4 is 5.32 Å². The molecule has 0 aliphatic heterocycles. The number of nitrogens with one attached hydrogen (secondary N) is 1. The number of aliphatic carboxylic acids is 1. The molecule has 35 heavy (non-hydrogen) atoms. The lowest BCUT2D eigenvalue weighted by molar-refractivity contribution is -0.139. The van der Waals surface area contributed by atoms with Crippen LogP contribution in [0.25, 0.3) is 11.1 Å². The summed E-state index contributed by atoms with van der Waals surface area (Å²) in [4.78, 5) is 37.4. The van der Waals surface area contributed by atoms with Crippen LogP contribution in [0.15, 0.2) is 48.5 Å². The van der Waals surface area contributed by atoms with Crippen LogP contribution in [0.5, 0.6) is 0 Å². The van der Waals surface area contributed by atoms with Crippen LogP contribution in [0.4, 0.5) is 4.79 Å². The van der Waals surface area contributed by atoms with Crippen molar-refractivity contribution >= 4 is 18.0 Å². The minimum absolute atomic E-state index is 0.0223. The minimum atomic E-state index is -0.906. The maximum absolute atomic E-state index is 12.6. The number of benzene rings is 2. The van der Waals surface area contributed by atoms with E-state index in [1.807, 2.05) is 45.0 Å². The molecule has 7 nitrogen and oxygen atoms in total. The third kappa shape index (κ3) is 6.84. The molecule has 0 spiro atoms. The van der Waals surface area contributed by atoms with Gasteiger partial charge in [0.15, 0.2) is 0 Å². The van der Waals surface area contributed by atoms with E-state index in [1.54, 1.807) is 4.90 Å². The predicted molar refractivity (Wildman–Crippen MR) is 135 cm³/mol. The van der Waals surface area contributed by atoms with Gasteiger partial charge in [0, 0.05) is 31.0 Å². The summed E-state index contributed by atoms with van der Waals surface area (Å²) in [5, 5.41) is 11.8. The van der Waals surface area contributed by atoms with Crippen LogP contribution in [-0.4, -0.2) is 53.7 Å². The number of hydrogen-bond acceptors (Lipinski definition) is 4. The first kappa shape index (κ1) is 26.3. The second kappa shape index (κ2) is 12.4. The Morgan fingerprint density at radius 1 is 1.00 bits per heavy atom. The quantitative estimate of drug-likeness (QED) is 0.444. The van der Waals surface area contributed by atoms with Gasteiger partial charge in [-0.1, -0.05) is 61.9 Å². The average Bonchev–Trinajstić information content (AvgIpc) is 3.16. The molecule has 0 bridgehead atoms. The number of hydrogen-bond donors (Lipinski definition) is 2. The first-order valence-corrected chi connectivity index (χ1v) is 12.4. The number of nitrogens with zero attached hydrogens (tertiary/aromatic N) is 1. The second-order valence-corrected chi connectivity index (χ2v) is 9.26. The molecule has 2 unspecified atom stereocenters. The first-order chi connectivity index (χ1) is 16.8. The van der Waals surface area contributed by atoms with Crippen LogP contribution in [-0.2, 0) is 14.3 Å². The first-order valence-electron chi connectivity index (χ1n) is 12.4. The highest BCUT2D eigenvalue weighted by molar-refractivity contribution is 5.80. The Balaban J connectivity index is 1.42. The number of fused-ring (bicyclic) bond motifs is 3. The minimum Gasteiger partial charge on any atom is -0.481 e. The normalized spacial score (nSPS) is 13.9. The molecule has 3 rings (SSSR count). The van der Waals surface area contributed by atoms with E-state index in [-0.39, 0.29) is 43.4 Å². The fourth-order valence-electron chi connectivity index (χ4n) is 4.73. The van der Waals surface area contributed by atoms with E-state index in [1.165, 1.54) is 22.3 Å². The highest BCUT2D eigenvalue weighted by Gasteiger charge is 2.29. The van der Waals surface area contributed by atoms with Crippen LogP contribution in [0.1, 0.15) is 63.5 Å². The Labute approximate surface area is 207 Å². The van der Waals surface area contributed by atoms with Gasteiger partial charge in [-0.05, 0) is 48.9 Å². The highest BCUT2D eigenvalue weighted by atomic mass is 16.5. The van der Waals surface area contributed by atoms with Crippen LogP contribution >= 0.6 is 0 Å². The largest absolute Gasteiger partial charge is 0.481 e. The van der Waals surface area contributed by atoms with Crippen molar-refractivity contribution in [1.29, 1.82) is 0 Å². The number of carboxylic acids is 1. The number of rotatable bonds is 12. The zero-order valence-corrected chi connectivity index (χ0v) is 20.8. The van der Waals surface area contributed by atoms with Gasteiger partial charge in [0.25, 0.3) is 0 Å². The molecule has 1 aliphatic rings. The highest BCUT2D eigenvalue weighted by Crippen LogP contribution is 2.44. The summed E-state index contributed by atoms with van der Waals surface area (Å²) in [7, 11) is 0. The van der Waals surface area contributed by atoms with Crippen molar-refractivity contribution in [2.45, 2.75) is 58.4 Å². The Hall–Kier alpha value is -3.35. The van der Waals surface area contributed by atoms with Crippen molar-refractivity contribution in [3.63, 3.8) is 0 Å². The third-order valence-corrected chi connectivity index (χ3v) is 6.69. The Kier molecular flexibility index (Phi) is 9.29. The third-order valence-electron chi connectivity index (χ3n) is 6.69. The number of carbonyl (C=O) groups is 3. The Bertz CT molecular complexity index is 992. The maximum atomic E-state index is 12.6. The van der Waals surface area contributed by atoms with Crippen LogP contribution in [0.2, 0.25) is 0 Å². The number of ether oxygens (including phenoxy) is 1. The molecule has 0 saturated carbocycles. The van der Waals surface area contributed by atoms with Crippen LogP contribution in [0.3, 0.4) is 0 Å². The molecule has 0 aromatic heterocycles. The van der Waals surface area contributed by atoms with E-state index in [9.17, 15) is 14.4 Å². The molecule has 2 atom stereocenters. The van der Waals surface area contributed by atoms with Gasteiger partial charge in [-0.25, -0.2) is 4.79 Å². The van der Waals surface area contributed by atoms with Gasteiger partial charge in [-0.2, -0.15) is 0 Å². The van der Waals surface area contributed by atoms with Crippen LogP contribution in [0, 0.1) is 5.92 Å². The molecule has 0 saturated heterocycles. The lowest BCUT2D eigenvalue weighted by atomic mass is 9.98. The summed E-state index contributed by atoms with van der Waals surface area (Å²) < 4.78 is 5.61. The summed E-state index contributed by atoms with van der Waals surface area (Å²) >= 11 is 0. The van der Waals surface area contributed by atoms with Crippen molar-refractivity contribution in [3.05, 3.63) is 59.7 Å². The van der Waals surface area contributed by atoms with Crippen molar-refractivity contribution in [2.24, 2.45) is 5.92 Å². The predicted octanol–water partition coefficient (Wildman–Crippen LogP) is 5.04. The smallest absolute Gasteiger partial charge is 0.407 e.